The van der Waals surface area contributed by atoms with Gasteiger partial charge in [0.1, 0.15) is 0 Å². The van der Waals surface area contributed by atoms with Crippen LogP contribution in [0.3, 0.4) is 0 Å². The van der Waals surface area contributed by atoms with Gasteiger partial charge in [0.15, 0.2) is 0 Å². The highest BCUT2D eigenvalue weighted by Crippen LogP contribution is 2.11. The van der Waals surface area contributed by atoms with Crippen molar-refractivity contribution in [3.63, 3.8) is 0 Å². The first-order valence-electron chi connectivity index (χ1n) is 6.28. The molecule has 4 nitrogen and oxygen atoms in total. The molecule has 0 amide bonds. The van der Waals surface area contributed by atoms with E-state index in [2.05, 4.69) is 37.7 Å². The molecule has 2 saturated heterocycles. The maximum absolute atomic E-state index is 5.73. The number of nitrogens with zero attached hydrogens (tertiary/aromatic N) is 2. The maximum atomic E-state index is 5.73. The molecule has 0 saturated carbocycles. The second kappa shape index (κ2) is 5.96. The van der Waals surface area contributed by atoms with Gasteiger partial charge in [0, 0.05) is 38.3 Å². The molecular weight excluding hydrogens is 200 g/mol. The summed E-state index contributed by atoms with van der Waals surface area (Å²) in [5.74, 6) is 1.39. The summed E-state index contributed by atoms with van der Waals surface area (Å²) in [6.07, 6.45) is 0. The van der Waals surface area contributed by atoms with Crippen molar-refractivity contribution in [3.05, 3.63) is 0 Å². The molecule has 4 heteroatoms. The van der Waals surface area contributed by atoms with Crippen LogP contribution in [0.1, 0.15) is 13.8 Å². The Morgan fingerprint density at radius 1 is 0.750 bits per heavy atom. The van der Waals surface area contributed by atoms with E-state index in [0.29, 0.717) is 23.9 Å². The average Bonchev–Trinajstić information content (AvgIpc) is 2.58. The Balaban J connectivity index is 0.000000160. The molecule has 0 aromatic carbocycles. The quantitative estimate of drug-likeness (QED) is 0.602. The number of rotatable bonds is 0. The molecule has 4 atom stereocenters. The van der Waals surface area contributed by atoms with Crippen LogP contribution in [0.25, 0.3) is 0 Å². The monoisotopic (exact) mass is 228 g/mol. The molecule has 2 fully saturated rings. The molecule has 96 valence electrons. The lowest BCUT2D eigenvalue weighted by atomic mass is 10.1. The second-order valence-electron chi connectivity index (χ2n) is 5.72. The highest BCUT2D eigenvalue weighted by atomic mass is 15.1. The van der Waals surface area contributed by atoms with Crippen molar-refractivity contribution < 1.29 is 0 Å². The zero-order chi connectivity index (χ0) is 12.3. The highest BCUT2D eigenvalue weighted by molar-refractivity contribution is 4.82. The minimum atomic E-state index is 0.417. The zero-order valence-electron chi connectivity index (χ0n) is 11.2. The Morgan fingerprint density at radius 3 is 1.12 bits per heavy atom. The Hall–Kier alpha value is -0.160. The number of hydrogen-bond acceptors (Lipinski definition) is 4. The second-order valence-corrected chi connectivity index (χ2v) is 5.72. The van der Waals surface area contributed by atoms with Gasteiger partial charge in [0.25, 0.3) is 0 Å². The van der Waals surface area contributed by atoms with E-state index < -0.39 is 0 Å². The van der Waals surface area contributed by atoms with Crippen molar-refractivity contribution in [3.8, 4) is 0 Å². The summed E-state index contributed by atoms with van der Waals surface area (Å²) in [7, 11) is 4.23. The van der Waals surface area contributed by atoms with Crippen LogP contribution in [0.4, 0.5) is 0 Å². The normalized spacial score (nSPS) is 40.9. The lowest BCUT2D eigenvalue weighted by Crippen LogP contribution is -2.27. The molecule has 2 aliphatic rings. The number of nitrogens with two attached hydrogens (primary N) is 2. The van der Waals surface area contributed by atoms with Gasteiger partial charge in [0.05, 0.1) is 0 Å². The predicted molar refractivity (Wildman–Crippen MR) is 69.3 cm³/mol. The minimum Gasteiger partial charge on any atom is -0.326 e. The first-order chi connectivity index (χ1) is 7.40. The smallest absolute Gasteiger partial charge is 0.0206 e. The van der Waals surface area contributed by atoms with Gasteiger partial charge >= 0.3 is 0 Å². The van der Waals surface area contributed by atoms with Gasteiger partial charge in [0.2, 0.25) is 0 Å². The number of likely N-dealkylation sites (N-methyl/N-ethyl adjacent to an activating group) is 2. The van der Waals surface area contributed by atoms with Gasteiger partial charge in [-0.25, -0.2) is 0 Å². The topological polar surface area (TPSA) is 58.5 Å². The average molecular weight is 228 g/mol. The van der Waals surface area contributed by atoms with Gasteiger partial charge in [-0.2, -0.15) is 0 Å². The third-order valence-electron chi connectivity index (χ3n) is 3.71. The van der Waals surface area contributed by atoms with Crippen LogP contribution in [-0.2, 0) is 0 Å². The van der Waals surface area contributed by atoms with Gasteiger partial charge in [-0.05, 0) is 25.9 Å². The first kappa shape index (κ1) is 13.9. The van der Waals surface area contributed by atoms with Crippen molar-refractivity contribution >= 4 is 0 Å². The minimum absolute atomic E-state index is 0.417. The molecule has 0 bridgehead atoms. The molecule has 16 heavy (non-hydrogen) atoms. The van der Waals surface area contributed by atoms with Crippen molar-refractivity contribution in [1.29, 1.82) is 0 Å². The number of likely N-dealkylation sites (tertiary alicyclic amines) is 2. The van der Waals surface area contributed by atoms with Gasteiger partial charge in [-0.1, -0.05) is 13.8 Å². The fraction of sp³-hybridized carbons (Fsp3) is 1.00. The van der Waals surface area contributed by atoms with Crippen LogP contribution >= 0.6 is 0 Å². The van der Waals surface area contributed by atoms with E-state index in [0.717, 1.165) is 13.1 Å². The van der Waals surface area contributed by atoms with Gasteiger partial charge < -0.3 is 21.3 Å². The molecular formula is C12H28N4. The van der Waals surface area contributed by atoms with Gasteiger partial charge in [-0.3, -0.25) is 0 Å². The zero-order valence-corrected chi connectivity index (χ0v) is 11.2. The SMILES string of the molecule is C[C@@H]1CN(C)C[C@H]1N.C[C@H]1CN(C)C[C@@H]1N. The molecule has 0 radical (unpaired) electrons. The molecule has 4 N–H and O–H groups in total. The van der Waals surface area contributed by atoms with Crippen molar-refractivity contribution in [2.45, 2.75) is 25.9 Å². The summed E-state index contributed by atoms with van der Waals surface area (Å²) in [5.41, 5.74) is 11.5. The van der Waals surface area contributed by atoms with E-state index in [1.54, 1.807) is 0 Å². The van der Waals surface area contributed by atoms with E-state index >= 15 is 0 Å². The predicted octanol–water partition coefficient (Wildman–Crippen LogP) is -0.210. The molecule has 0 aliphatic carbocycles. The third-order valence-corrected chi connectivity index (χ3v) is 3.71. The van der Waals surface area contributed by atoms with Crippen LogP contribution in [0, 0.1) is 11.8 Å². The standard InChI is InChI=1S/2C6H14N2/c2*1-5-3-8(2)4-6(5)7/h2*5-6H,3-4,7H2,1-2H3/t2*5-,6-/m10/s1. The molecule has 2 heterocycles. The van der Waals surface area contributed by atoms with E-state index in [1.165, 1.54) is 13.1 Å². The van der Waals surface area contributed by atoms with Crippen molar-refractivity contribution in [2.75, 3.05) is 40.3 Å². The molecule has 0 unspecified atom stereocenters. The summed E-state index contributed by atoms with van der Waals surface area (Å²) in [6, 6.07) is 0.833. The largest absolute Gasteiger partial charge is 0.326 e. The fourth-order valence-electron chi connectivity index (χ4n) is 2.48. The molecule has 0 aromatic rings. The van der Waals surface area contributed by atoms with E-state index in [9.17, 15) is 0 Å². The Labute approximate surface area is 99.9 Å². The highest BCUT2D eigenvalue weighted by Gasteiger charge is 2.23. The first-order valence-corrected chi connectivity index (χ1v) is 6.28. The Morgan fingerprint density at radius 2 is 1.06 bits per heavy atom. The van der Waals surface area contributed by atoms with E-state index in [1.807, 2.05) is 0 Å². The van der Waals surface area contributed by atoms with Crippen LogP contribution in [0.5, 0.6) is 0 Å². The Bertz CT molecular complexity index is 167. The van der Waals surface area contributed by atoms with Gasteiger partial charge in [-0.15, -0.1) is 0 Å². The summed E-state index contributed by atoms with van der Waals surface area (Å²) in [5, 5.41) is 0. The summed E-state index contributed by atoms with van der Waals surface area (Å²) < 4.78 is 0. The fourth-order valence-corrected chi connectivity index (χ4v) is 2.48. The van der Waals surface area contributed by atoms with Crippen molar-refractivity contribution in [2.24, 2.45) is 23.3 Å². The molecule has 2 rings (SSSR count). The Kier molecular flexibility index (Phi) is 5.18. The molecule has 0 aromatic heterocycles. The van der Waals surface area contributed by atoms with E-state index in [4.69, 9.17) is 11.5 Å². The molecule has 2 aliphatic heterocycles. The lowest BCUT2D eigenvalue weighted by Gasteiger charge is -2.03. The van der Waals surface area contributed by atoms with Crippen LogP contribution < -0.4 is 11.5 Å². The third kappa shape index (κ3) is 4.01. The summed E-state index contributed by atoms with van der Waals surface area (Å²) in [6.45, 7) is 8.88. The summed E-state index contributed by atoms with van der Waals surface area (Å²) >= 11 is 0. The van der Waals surface area contributed by atoms with E-state index in [-0.39, 0.29) is 0 Å². The summed E-state index contributed by atoms with van der Waals surface area (Å²) in [4.78, 5) is 4.55. The molecule has 0 spiro atoms. The van der Waals surface area contributed by atoms with Crippen LogP contribution in [0.15, 0.2) is 0 Å². The van der Waals surface area contributed by atoms with Crippen molar-refractivity contribution in [1.82, 2.24) is 9.80 Å². The lowest BCUT2D eigenvalue weighted by molar-refractivity contribution is 0.401. The van der Waals surface area contributed by atoms with Crippen LogP contribution in [-0.4, -0.2) is 62.2 Å². The number of hydrogen-bond donors (Lipinski definition) is 2. The maximum Gasteiger partial charge on any atom is 0.0206 e. The van der Waals surface area contributed by atoms with Crippen LogP contribution in [0.2, 0.25) is 0 Å².